The smallest absolute Gasteiger partial charge is 0.418 e. The zero-order valence-corrected chi connectivity index (χ0v) is 17.1. The Morgan fingerprint density at radius 3 is 2.29 bits per heavy atom. The van der Waals surface area contributed by atoms with Crippen molar-refractivity contribution in [2.45, 2.75) is 38.7 Å². The maximum Gasteiger partial charge on any atom is 0.418 e. The van der Waals surface area contributed by atoms with Gasteiger partial charge in [0.2, 0.25) is 0 Å². The van der Waals surface area contributed by atoms with Gasteiger partial charge in [-0.1, -0.05) is 42.5 Å². The number of amides is 1. The van der Waals surface area contributed by atoms with Crippen molar-refractivity contribution in [1.82, 2.24) is 0 Å². The van der Waals surface area contributed by atoms with Crippen LogP contribution in [0.5, 0.6) is 5.75 Å². The number of carbonyl (C=O) groups is 1. The van der Waals surface area contributed by atoms with Crippen LogP contribution in [0.2, 0.25) is 0 Å². The van der Waals surface area contributed by atoms with E-state index >= 15 is 0 Å². The van der Waals surface area contributed by atoms with Gasteiger partial charge in [-0.05, 0) is 57.0 Å². The van der Waals surface area contributed by atoms with Gasteiger partial charge in [0.05, 0.1) is 12.8 Å². The number of rotatable bonds is 7. The van der Waals surface area contributed by atoms with Crippen molar-refractivity contribution >= 4 is 11.8 Å². The Bertz CT molecular complexity index is 789. The average molecular weight is 380 g/mol. The predicted molar refractivity (Wildman–Crippen MR) is 115 cm³/mol. The summed E-state index contributed by atoms with van der Waals surface area (Å²) < 4.78 is 10.8. The van der Waals surface area contributed by atoms with Gasteiger partial charge in [-0.15, -0.1) is 6.58 Å². The molecule has 2 rings (SSSR count). The van der Waals surface area contributed by atoms with E-state index in [1.807, 2.05) is 75.4 Å². The van der Waals surface area contributed by atoms with Crippen molar-refractivity contribution < 1.29 is 14.3 Å². The zero-order chi connectivity index (χ0) is 20.6. The van der Waals surface area contributed by atoms with E-state index in [-0.39, 0.29) is 5.92 Å². The number of ether oxygens (including phenoxy) is 2. The number of methoxy groups -OCH3 is 1. The van der Waals surface area contributed by atoms with E-state index in [0.29, 0.717) is 5.69 Å². The lowest BCUT2D eigenvalue weighted by Gasteiger charge is -2.25. The van der Waals surface area contributed by atoms with Crippen LogP contribution in [0.15, 0.2) is 79.5 Å². The third-order valence-electron chi connectivity index (χ3n) is 4.06. The summed E-state index contributed by atoms with van der Waals surface area (Å²) in [4.78, 5) is 14.3. The Morgan fingerprint density at radius 2 is 1.75 bits per heavy atom. The first-order chi connectivity index (χ1) is 13.3. The first kappa shape index (κ1) is 21.3. The highest BCUT2D eigenvalue weighted by Crippen LogP contribution is 2.25. The van der Waals surface area contributed by atoms with E-state index in [4.69, 9.17) is 9.47 Å². The maximum absolute atomic E-state index is 12.8. The maximum atomic E-state index is 12.8. The molecule has 0 bridgehead atoms. The SMILES string of the molecule is C=CC[C@H](/C=C/N(C(=O)OC(C)(C)C)c1ccc(OC)cc1)c1ccccc1. The fourth-order valence-electron chi connectivity index (χ4n) is 2.70. The van der Waals surface area contributed by atoms with Crippen LogP contribution in [-0.2, 0) is 4.74 Å². The Morgan fingerprint density at radius 1 is 1.11 bits per heavy atom. The van der Waals surface area contributed by atoms with Crippen molar-refractivity contribution in [1.29, 1.82) is 0 Å². The van der Waals surface area contributed by atoms with Crippen LogP contribution in [0.1, 0.15) is 38.7 Å². The minimum absolute atomic E-state index is 0.113. The molecule has 1 atom stereocenters. The van der Waals surface area contributed by atoms with E-state index in [9.17, 15) is 4.79 Å². The molecule has 2 aromatic carbocycles. The standard InChI is InChI=1S/C24H29NO3/c1-6-10-19(20-11-8-7-9-12-20)17-18-25(23(26)28-24(2,3)4)21-13-15-22(27-5)16-14-21/h6-9,11-19H,1,10H2,2-5H3/b18-17+/t19-/m1/s1. The first-order valence-electron chi connectivity index (χ1n) is 9.34. The van der Waals surface area contributed by atoms with E-state index < -0.39 is 11.7 Å². The molecule has 0 aliphatic carbocycles. The highest BCUT2D eigenvalue weighted by Gasteiger charge is 2.22. The van der Waals surface area contributed by atoms with Gasteiger partial charge in [0.15, 0.2) is 0 Å². The van der Waals surface area contributed by atoms with Gasteiger partial charge in [-0.2, -0.15) is 0 Å². The van der Waals surface area contributed by atoms with Crippen molar-refractivity contribution in [3.05, 3.63) is 85.1 Å². The zero-order valence-electron chi connectivity index (χ0n) is 17.1. The van der Waals surface area contributed by atoms with E-state index in [0.717, 1.165) is 17.7 Å². The molecule has 0 spiro atoms. The molecule has 0 N–H and O–H groups in total. The highest BCUT2D eigenvalue weighted by molar-refractivity contribution is 5.90. The van der Waals surface area contributed by atoms with Gasteiger partial charge >= 0.3 is 6.09 Å². The van der Waals surface area contributed by atoms with Crippen LogP contribution in [0, 0.1) is 0 Å². The molecule has 2 aromatic rings. The largest absolute Gasteiger partial charge is 0.497 e. The number of carbonyl (C=O) groups excluding carboxylic acids is 1. The molecule has 1 amide bonds. The van der Waals surface area contributed by atoms with Crippen LogP contribution < -0.4 is 9.64 Å². The lowest BCUT2D eigenvalue weighted by atomic mass is 9.96. The summed E-state index contributed by atoms with van der Waals surface area (Å²) in [5.41, 5.74) is 1.28. The van der Waals surface area contributed by atoms with Crippen LogP contribution in [0.3, 0.4) is 0 Å². The molecule has 0 radical (unpaired) electrons. The number of anilines is 1. The van der Waals surface area contributed by atoms with Crippen molar-refractivity contribution in [3.63, 3.8) is 0 Å². The summed E-state index contributed by atoms with van der Waals surface area (Å²) in [5.74, 6) is 0.840. The third-order valence-corrected chi connectivity index (χ3v) is 4.06. The second-order valence-corrected chi connectivity index (χ2v) is 7.43. The second kappa shape index (κ2) is 9.79. The first-order valence-corrected chi connectivity index (χ1v) is 9.34. The lowest BCUT2D eigenvalue weighted by Crippen LogP contribution is -2.33. The number of allylic oxidation sites excluding steroid dienone is 2. The summed E-state index contributed by atoms with van der Waals surface area (Å²) in [6, 6.07) is 17.5. The molecule has 0 aliphatic rings. The summed E-state index contributed by atoms with van der Waals surface area (Å²) in [6.45, 7) is 9.42. The fraction of sp³-hybridized carbons (Fsp3) is 0.292. The lowest BCUT2D eigenvalue weighted by molar-refractivity contribution is 0.0596. The van der Waals surface area contributed by atoms with Gasteiger partial charge in [0.25, 0.3) is 0 Å². The molecular formula is C24H29NO3. The van der Waals surface area contributed by atoms with Gasteiger partial charge < -0.3 is 9.47 Å². The summed E-state index contributed by atoms with van der Waals surface area (Å²) in [7, 11) is 1.61. The average Bonchev–Trinajstić information content (AvgIpc) is 2.67. The summed E-state index contributed by atoms with van der Waals surface area (Å²) in [5, 5.41) is 0. The summed E-state index contributed by atoms with van der Waals surface area (Å²) >= 11 is 0. The van der Waals surface area contributed by atoms with Crippen molar-refractivity contribution in [3.8, 4) is 5.75 Å². The van der Waals surface area contributed by atoms with Crippen LogP contribution in [0.25, 0.3) is 0 Å². The van der Waals surface area contributed by atoms with E-state index in [1.54, 1.807) is 13.3 Å². The van der Waals surface area contributed by atoms with Gasteiger partial charge in [0, 0.05) is 12.1 Å². The topological polar surface area (TPSA) is 38.8 Å². The molecule has 4 nitrogen and oxygen atoms in total. The third kappa shape index (κ3) is 6.31. The Labute approximate surface area is 168 Å². The Kier molecular flexibility index (Phi) is 7.44. The number of nitrogens with zero attached hydrogens (tertiary/aromatic N) is 1. The van der Waals surface area contributed by atoms with Gasteiger partial charge in [-0.25, -0.2) is 4.79 Å². The van der Waals surface area contributed by atoms with Crippen LogP contribution in [0.4, 0.5) is 10.5 Å². The number of hydrogen-bond donors (Lipinski definition) is 0. The second-order valence-electron chi connectivity index (χ2n) is 7.43. The van der Waals surface area contributed by atoms with Gasteiger partial charge in [-0.3, -0.25) is 4.90 Å². The molecule has 28 heavy (non-hydrogen) atoms. The Hall–Kier alpha value is -3.01. The van der Waals surface area contributed by atoms with Crippen LogP contribution >= 0.6 is 0 Å². The monoisotopic (exact) mass is 379 g/mol. The van der Waals surface area contributed by atoms with E-state index in [1.165, 1.54) is 4.90 Å². The quantitative estimate of drug-likeness (QED) is 0.529. The number of hydrogen-bond acceptors (Lipinski definition) is 3. The molecule has 0 aliphatic heterocycles. The Balaban J connectivity index is 2.34. The minimum atomic E-state index is -0.588. The summed E-state index contributed by atoms with van der Waals surface area (Å²) in [6.07, 6.45) is 6.00. The molecule has 0 saturated carbocycles. The van der Waals surface area contributed by atoms with E-state index in [2.05, 4.69) is 18.7 Å². The normalized spacial score (nSPS) is 12.4. The minimum Gasteiger partial charge on any atom is -0.497 e. The molecule has 148 valence electrons. The predicted octanol–water partition coefficient (Wildman–Crippen LogP) is 6.31. The molecule has 0 unspecified atom stereocenters. The highest BCUT2D eigenvalue weighted by atomic mass is 16.6. The molecule has 4 heteroatoms. The molecule has 0 fully saturated rings. The molecule has 0 aromatic heterocycles. The van der Waals surface area contributed by atoms with Gasteiger partial charge in [0.1, 0.15) is 11.4 Å². The van der Waals surface area contributed by atoms with Crippen LogP contribution in [-0.4, -0.2) is 18.8 Å². The number of benzene rings is 2. The fourth-order valence-corrected chi connectivity index (χ4v) is 2.70. The molecular weight excluding hydrogens is 350 g/mol. The van der Waals surface area contributed by atoms with Crippen molar-refractivity contribution in [2.24, 2.45) is 0 Å². The van der Waals surface area contributed by atoms with Crippen molar-refractivity contribution in [2.75, 3.05) is 12.0 Å². The molecule has 0 heterocycles. The molecule has 0 saturated heterocycles.